The number of amides is 1. The molecule has 0 aliphatic rings. The number of nitrogens with one attached hydrogen (secondary N) is 1. The van der Waals surface area contributed by atoms with Crippen LogP contribution in [-0.2, 0) is 4.79 Å². The van der Waals surface area contributed by atoms with E-state index in [9.17, 15) is 4.79 Å². The second-order valence-corrected chi connectivity index (χ2v) is 5.19. The van der Waals surface area contributed by atoms with Crippen LogP contribution in [-0.4, -0.2) is 43.0 Å². The van der Waals surface area contributed by atoms with Crippen molar-refractivity contribution in [2.24, 2.45) is 5.73 Å². The molecule has 0 saturated carbocycles. The monoisotopic (exact) mass is 243 g/mol. The molecule has 0 aromatic rings. The summed E-state index contributed by atoms with van der Waals surface area (Å²) in [7, 11) is 3.89. The molecular formula is C13H29N3O. The van der Waals surface area contributed by atoms with Crippen LogP contribution in [0.1, 0.15) is 46.5 Å². The van der Waals surface area contributed by atoms with Crippen LogP contribution in [0.5, 0.6) is 0 Å². The van der Waals surface area contributed by atoms with Crippen LogP contribution in [0.25, 0.3) is 0 Å². The zero-order valence-electron chi connectivity index (χ0n) is 12.0. The van der Waals surface area contributed by atoms with Crippen molar-refractivity contribution in [3.8, 4) is 0 Å². The molecule has 0 aliphatic heterocycles. The number of unbranched alkanes of at least 4 members (excludes halogenated alkanes) is 2. The van der Waals surface area contributed by atoms with Gasteiger partial charge in [-0.15, -0.1) is 0 Å². The zero-order valence-corrected chi connectivity index (χ0v) is 12.0. The van der Waals surface area contributed by atoms with Crippen molar-refractivity contribution in [2.75, 3.05) is 20.6 Å². The maximum atomic E-state index is 11.4. The van der Waals surface area contributed by atoms with Crippen molar-refractivity contribution < 1.29 is 4.79 Å². The van der Waals surface area contributed by atoms with Crippen molar-refractivity contribution in [1.29, 1.82) is 0 Å². The maximum Gasteiger partial charge on any atom is 0.237 e. The lowest BCUT2D eigenvalue weighted by atomic mass is 9.92. The second kappa shape index (κ2) is 7.67. The Hall–Kier alpha value is -0.610. The number of nitrogens with two attached hydrogens (primary N) is 1. The highest BCUT2D eigenvalue weighted by Gasteiger charge is 2.31. The minimum Gasteiger partial charge on any atom is -0.368 e. The Morgan fingerprint density at radius 3 is 2.47 bits per heavy atom. The number of primary amides is 1. The Morgan fingerprint density at radius 2 is 2.06 bits per heavy atom. The highest BCUT2D eigenvalue weighted by molar-refractivity contribution is 5.84. The molecule has 4 nitrogen and oxygen atoms in total. The van der Waals surface area contributed by atoms with Crippen LogP contribution in [0.2, 0.25) is 0 Å². The summed E-state index contributed by atoms with van der Waals surface area (Å²) in [5.74, 6) is -0.284. The van der Waals surface area contributed by atoms with Gasteiger partial charge >= 0.3 is 0 Å². The van der Waals surface area contributed by atoms with Crippen molar-refractivity contribution in [3.63, 3.8) is 0 Å². The van der Waals surface area contributed by atoms with Crippen molar-refractivity contribution >= 4 is 5.91 Å². The third-order valence-electron chi connectivity index (χ3n) is 3.67. The number of carbonyl (C=O) groups excluding carboxylic acids is 1. The summed E-state index contributed by atoms with van der Waals surface area (Å²) in [6.07, 6.45) is 4.44. The number of likely N-dealkylation sites (N-methyl/N-ethyl adjacent to an activating group) is 1. The van der Waals surface area contributed by atoms with E-state index in [1.54, 1.807) is 7.05 Å². The Labute approximate surface area is 106 Å². The molecule has 0 fully saturated rings. The molecule has 0 spiro atoms. The minimum atomic E-state index is -0.613. The minimum absolute atomic E-state index is 0.284. The number of nitrogens with zero attached hydrogens (tertiary/aromatic N) is 1. The quantitative estimate of drug-likeness (QED) is 0.601. The van der Waals surface area contributed by atoms with Crippen molar-refractivity contribution in [1.82, 2.24) is 10.2 Å². The van der Waals surface area contributed by atoms with Crippen molar-refractivity contribution in [2.45, 2.75) is 58.0 Å². The molecule has 0 rings (SSSR count). The van der Waals surface area contributed by atoms with E-state index < -0.39 is 5.54 Å². The molecule has 0 aliphatic carbocycles. The number of rotatable bonds is 9. The van der Waals surface area contributed by atoms with Gasteiger partial charge in [-0.05, 0) is 47.3 Å². The third kappa shape index (κ3) is 5.50. The summed E-state index contributed by atoms with van der Waals surface area (Å²) in [5, 5.41) is 3.03. The van der Waals surface area contributed by atoms with Crippen LogP contribution >= 0.6 is 0 Å². The Balaban J connectivity index is 4.21. The standard InChI is InChI=1S/C13H29N3O/c1-6-7-8-9-16(5)11(2)10-13(3,15-4)12(14)17/h11,15H,6-10H2,1-5H3,(H2,14,17). The molecule has 0 saturated heterocycles. The molecular weight excluding hydrogens is 214 g/mol. The van der Waals surface area contributed by atoms with Crippen molar-refractivity contribution in [3.05, 3.63) is 0 Å². The van der Waals surface area contributed by atoms with Gasteiger partial charge in [0, 0.05) is 6.04 Å². The fourth-order valence-electron chi connectivity index (χ4n) is 1.90. The lowest BCUT2D eigenvalue weighted by Gasteiger charge is -2.33. The maximum absolute atomic E-state index is 11.4. The molecule has 17 heavy (non-hydrogen) atoms. The predicted octanol–water partition coefficient (Wildman–Crippen LogP) is 1.35. The van der Waals surface area contributed by atoms with E-state index in [0.717, 1.165) is 13.0 Å². The first-order valence-corrected chi connectivity index (χ1v) is 6.56. The zero-order chi connectivity index (χ0) is 13.5. The molecule has 3 N–H and O–H groups in total. The average molecular weight is 243 g/mol. The third-order valence-corrected chi connectivity index (χ3v) is 3.67. The second-order valence-electron chi connectivity index (χ2n) is 5.19. The van der Waals surface area contributed by atoms with E-state index in [0.29, 0.717) is 6.04 Å². The SMILES string of the molecule is CCCCCN(C)C(C)CC(C)(NC)C(N)=O. The highest BCUT2D eigenvalue weighted by Crippen LogP contribution is 2.15. The van der Waals surface area contributed by atoms with E-state index in [-0.39, 0.29) is 5.91 Å². The fourth-order valence-corrected chi connectivity index (χ4v) is 1.90. The normalized spacial score (nSPS) is 16.8. The average Bonchev–Trinajstić information content (AvgIpc) is 2.28. The lowest BCUT2D eigenvalue weighted by molar-refractivity contribution is -0.124. The fraction of sp³-hybridized carbons (Fsp3) is 0.923. The summed E-state index contributed by atoms with van der Waals surface area (Å²) in [5.41, 5.74) is 4.82. The van der Waals surface area contributed by atoms with Gasteiger partial charge in [0.05, 0.1) is 5.54 Å². The Bertz CT molecular complexity index is 233. The summed E-state index contributed by atoms with van der Waals surface area (Å²) in [6, 6.07) is 0.344. The lowest BCUT2D eigenvalue weighted by Crippen LogP contribution is -2.54. The molecule has 0 bridgehead atoms. The number of hydrogen-bond acceptors (Lipinski definition) is 3. The topological polar surface area (TPSA) is 58.4 Å². The largest absolute Gasteiger partial charge is 0.368 e. The van der Waals surface area contributed by atoms with Gasteiger partial charge in [0.2, 0.25) is 5.91 Å². The first kappa shape index (κ1) is 16.4. The van der Waals surface area contributed by atoms with Crippen LogP contribution in [0.15, 0.2) is 0 Å². The Kier molecular flexibility index (Phi) is 7.39. The first-order chi connectivity index (χ1) is 7.87. The van der Waals surface area contributed by atoms with Gasteiger partial charge in [-0.1, -0.05) is 19.8 Å². The summed E-state index contributed by atoms with van der Waals surface area (Å²) < 4.78 is 0. The van der Waals surface area contributed by atoms with Crippen LogP contribution in [0.3, 0.4) is 0 Å². The van der Waals surface area contributed by atoms with Gasteiger partial charge < -0.3 is 16.0 Å². The van der Waals surface area contributed by atoms with Gasteiger partial charge in [-0.3, -0.25) is 4.79 Å². The van der Waals surface area contributed by atoms with Gasteiger partial charge in [0.1, 0.15) is 0 Å². The highest BCUT2D eigenvalue weighted by atomic mass is 16.1. The molecule has 0 radical (unpaired) electrons. The summed E-state index contributed by atoms with van der Waals surface area (Å²) in [6.45, 7) is 7.29. The van der Waals surface area contributed by atoms with Crippen LogP contribution < -0.4 is 11.1 Å². The van der Waals surface area contributed by atoms with E-state index >= 15 is 0 Å². The summed E-state index contributed by atoms with van der Waals surface area (Å²) >= 11 is 0. The smallest absolute Gasteiger partial charge is 0.237 e. The molecule has 1 amide bonds. The van der Waals surface area contributed by atoms with Crippen LogP contribution in [0.4, 0.5) is 0 Å². The molecule has 0 heterocycles. The predicted molar refractivity (Wildman–Crippen MR) is 72.9 cm³/mol. The van der Waals surface area contributed by atoms with E-state index in [2.05, 4.69) is 31.1 Å². The molecule has 2 atom stereocenters. The molecule has 102 valence electrons. The molecule has 0 aromatic carbocycles. The number of hydrogen-bond donors (Lipinski definition) is 2. The van der Waals surface area contributed by atoms with Gasteiger partial charge in [0.25, 0.3) is 0 Å². The van der Waals surface area contributed by atoms with Crippen LogP contribution in [0, 0.1) is 0 Å². The van der Waals surface area contributed by atoms with E-state index in [1.807, 2.05) is 6.92 Å². The van der Waals surface area contributed by atoms with E-state index in [4.69, 9.17) is 5.73 Å². The summed E-state index contributed by atoms with van der Waals surface area (Å²) in [4.78, 5) is 13.7. The first-order valence-electron chi connectivity index (χ1n) is 6.56. The van der Waals surface area contributed by atoms with E-state index in [1.165, 1.54) is 19.3 Å². The van der Waals surface area contributed by atoms with Gasteiger partial charge in [-0.2, -0.15) is 0 Å². The molecule has 0 aromatic heterocycles. The van der Waals surface area contributed by atoms with Gasteiger partial charge in [0.15, 0.2) is 0 Å². The van der Waals surface area contributed by atoms with Gasteiger partial charge in [-0.25, -0.2) is 0 Å². The Morgan fingerprint density at radius 1 is 1.47 bits per heavy atom. The molecule has 4 heteroatoms. The molecule has 2 unspecified atom stereocenters. The number of carbonyl (C=O) groups is 1.